The topological polar surface area (TPSA) is 35.9 Å². The molecule has 0 aromatic heterocycles. The lowest BCUT2D eigenvalue weighted by Gasteiger charge is -2.37. The number of nitrogens with zero attached hydrogens (tertiary/aromatic N) is 2. The zero-order chi connectivity index (χ0) is 18.2. The van der Waals surface area contributed by atoms with E-state index in [-0.39, 0.29) is 6.10 Å². The first kappa shape index (κ1) is 18.9. The molecule has 0 saturated carbocycles. The Balaban J connectivity index is 1.41. The van der Waals surface area contributed by atoms with Gasteiger partial charge in [0.1, 0.15) is 0 Å². The van der Waals surface area contributed by atoms with Crippen LogP contribution in [0, 0.1) is 0 Å². The standard InChI is InChI=1S/C22H30N2O2/c1-2-22(19-9-5-3-6-10-19)26-18-21(25)17-23-13-15-24(16-14-23)20-11-7-4-8-12-20/h3-12,21-22,25H,2,13-18H2,1H3/t21-,22+/m0/s1. The van der Waals surface area contributed by atoms with Gasteiger partial charge in [-0.3, -0.25) is 4.90 Å². The maximum Gasteiger partial charge on any atom is 0.0900 e. The first-order valence-corrected chi connectivity index (χ1v) is 9.63. The van der Waals surface area contributed by atoms with Gasteiger partial charge in [-0.1, -0.05) is 55.5 Å². The molecule has 3 rings (SSSR count). The summed E-state index contributed by atoms with van der Waals surface area (Å²) in [6.07, 6.45) is 0.517. The minimum atomic E-state index is -0.448. The molecular weight excluding hydrogens is 324 g/mol. The number of ether oxygens (including phenoxy) is 1. The second kappa shape index (κ2) is 9.72. The van der Waals surface area contributed by atoms with E-state index in [0.717, 1.165) is 32.6 Å². The van der Waals surface area contributed by atoms with E-state index in [1.54, 1.807) is 0 Å². The quantitative estimate of drug-likeness (QED) is 0.789. The molecule has 0 radical (unpaired) electrons. The van der Waals surface area contributed by atoms with Crippen molar-refractivity contribution in [1.82, 2.24) is 4.90 Å². The molecule has 140 valence electrons. The summed E-state index contributed by atoms with van der Waals surface area (Å²) in [6, 6.07) is 20.8. The second-order valence-corrected chi connectivity index (χ2v) is 6.92. The van der Waals surface area contributed by atoms with E-state index in [9.17, 15) is 5.11 Å². The maximum absolute atomic E-state index is 10.4. The van der Waals surface area contributed by atoms with Crippen LogP contribution in [-0.2, 0) is 4.74 Å². The van der Waals surface area contributed by atoms with E-state index in [2.05, 4.69) is 59.2 Å². The Morgan fingerprint density at radius 2 is 1.54 bits per heavy atom. The van der Waals surface area contributed by atoms with Gasteiger partial charge < -0.3 is 14.7 Å². The molecular formula is C22H30N2O2. The van der Waals surface area contributed by atoms with Crippen LogP contribution < -0.4 is 4.90 Å². The number of benzene rings is 2. The summed E-state index contributed by atoms with van der Waals surface area (Å²) in [5.74, 6) is 0. The number of para-hydroxylation sites is 1. The fourth-order valence-corrected chi connectivity index (χ4v) is 3.52. The molecule has 4 nitrogen and oxygen atoms in total. The number of aliphatic hydroxyl groups is 1. The number of rotatable bonds is 8. The number of β-amino-alcohol motifs (C(OH)–C–C–N with tert-alkyl or cyclic N) is 1. The zero-order valence-electron chi connectivity index (χ0n) is 15.6. The van der Waals surface area contributed by atoms with E-state index in [1.165, 1.54) is 11.3 Å². The van der Waals surface area contributed by atoms with Crippen molar-refractivity contribution in [2.75, 3.05) is 44.2 Å². The number of hydrogen-bond acceptors (Lipinski definition) is 4. The van der Waals surface area contributed by atoms with Gasteiger partial charge >= 0.3 is 0 Å². The Bertz CT molecular complexity index is 627. The smallest absolute Gasteiger partial charge is 0.0900 e. The van der Waals surface area contributed by atoms with E-state index >= 15 is 0 Å². The van der Waals surface area contributed by atoms with Crippen LogP contribution in [0.5, 0.6) is 0 Å². The highest BCUT2D eigenvalue weighted by molar-refractivity contribution is 5.46. The highest BCUT2D eigenvalue weighted by atomic mass is 16.5. The lowest BCUT2D eigenvalue weighted by molar-refractivity contribution is -0.0240. The van der Waals surface area contributed by atoms with Crippen LogP contribution in [0.4, 0.5) is 5.69 Å². The van der Waals surface area contributed by atoms with Crippen molar-refractivity contribution in [1.29, 1.82) is 0 Å². The third kappa shape index (κ3) is 5.31. The Morgan fingerprint density at radius 3 is 2.15 bits per heavy atom. The zero-order valence-corrected chi connectivity index (χ0v) is 15.6. The highest BCUT2D eigenvalue weighted by Gasteiger charge is 2.20. The molecule has 26 heavy (non-hydrogen) atoms. The lowest BCUT2D eigenvalue weighted by Crippen LogP contribution is -2.49. The number of hydrogen-bond donors (Lipinski definition) is 1. The summed E-state index contributed by atoms with van der Waals surface area (Å²) in [5.41, 5.74) is 2.46. The first-order chi connectivity index (χ1) is 12.8. The van der Waals surface area contributed by atoms with E-state index in [1.807, 2.05) is 18.2 Å². The van der Waals surface area contributed by atoms with Crippen molar-refractivity contribution in [2.45, 2.75) is 25.6 Å². The largest absolute Gasteiger partial charge is 0.389 e. The highest BCUT2D eigenvalue weighted by Crippen LogP contribution is 2.21. The van der Waals surface area contributed by atoms with Crippen molar-refractivity contribution in [3.05, 3.63) is 66.2 Å². The van der Waals surface area contributed by atoms with Crippen LogP contribution >= 0.6 is 0 Å². The molecule has 1 saturated heterocycles. The van der Waals surface area contributed by atoms with E-state index < -0.39 is 6.10 Å². The number of aliphatic hydroxyl groups excluding tert-OH is 1. The monoisotopic (exact) mass is 354 g/mol. The summed E-state index contributed by atoms with van der Waals surface area (Å²) >= 11 is 0. The minimum Gasteiger partial charge on any atom is -0.389 e. The minimum absolute atomic E-state index is 0.0563. The van der Waals surface area contributed by atoms with Gasteiger partial charge in [0.2, 0.25) is 0 Å². The molecule has 1 N–H and O–H groups in total. The number of anilines is 1. The average Bonchev–Trinajstić information content (AvgIpc) is 2.70. The van der Waals surface area contributed by atoms with Crippen LogP contribution in [0.2, 0.25) is 0 Å². The molecule has 0 spiro atoms. The SMILES string of the molecule is CC[C@@H](OC[C@@H](O)CN1CCN(c2ccccc2)CC1)c1ccccc1. The average molecular weight is 354 g/mol. The molecule has 0 aliphatic carbocycles. The molecule has 0 bridgehead atoms. The van der Waals surface area contributed by atoms with Crippen molar-refractivity contribution >= 4 is 5.69 Å². The van der Waals surface area contributed by atoms with Crippen LogP contribution in [0.25, 0.3) is 0 Å². The summed E-state index contributed by atoms with van der Waals surface area (Å²) in [4.78, 5) is 4.73. The van der Waals surface area contributed by atoms with Crippen molar-refractivity contribution in [2.24, 2.45) is 0 Å². The van der Waals surface area contributed by atoms with Crippen LogP contribution in [-0.4, -0.2) is 55.4 Å². The molecule has 1 aliphatic rings. The van der Waals surface area contributed by atoms with E-state index in [0.29, 0.717) is 13.2 Å². The Labute approximate surface area is 157 Å². The van der Waals surface area contributed by atoms with Gasteiger partial charge in [0, 0.05) is 38.4 Å². The molecule has 1 aliphatic heterocycles. The van der Waals surface area contributed by atoms with Gasteiger partial charge in [0.05, 0.1) is 18.8 Å². The van der Waals surface area contributed by atoms with Crippen LogP contribution in [0.3, 0.4) is 0 Å². The molecule has 0 unspecified atom stereocenters. The van der Waals surface area contributed by atoms with Crippen LogP contribution in [0.15, 0.2) is 60.7 Å². The fraction of sp³-hybridized carbons (Fsp3) is 0.455. The van der Waals surface area contributed by atoms with Gasteiger partial charge in [0.25, 0.3) is 0 Å². The molecule has 2 atom stereocenters. The molecule has 2 aromatic carbocycles. The number of piperazine rings is 1. The molecule has 0 amide bonds. The summed E-state index contributed by atoms with van der Waals surface area (Å²) in [6.45, 7) is 7.12. The predicted molar refractivity (Wildman–Crippen MR) is 107 cm³/mol. The fourth-order valence-electron chi connectivity index (χ4n) is 3.52. The van der Waals surface area contributed by atoms with Crippen LogP contribution in [0.1, 0.15) is 25.0 Å². The van der Waals surface area contributed by atoms with Gasteiger partial charge in [-0.2, -0.15) is 0 Å². The Hall–Kier alpha value is -1.88. The molecule has 1 heterocycles. The summed E-state index contributed by atoms with van der Waals surface area (Å²) < 4.78 is 5.98. The molecule has 4 heteroatoms. The van der Waals surface area contributed by atoms with Crippen molar-refractivity contribution in [3.63, 3.8) is 0 Å². The Morgan fingerprint density at radius 1 is 0.923 bits per heavy atom. The summed E-state index contributed by atoms with van der Waals surface area (Å²) in [7, 11) is 0. The van der Waals surface area contributed by atoms with Gasteiger partial charge in [-0.15, -0.1) is 0 Å². The lowest BCUT2D eigenvalue weighted by atomic mass is 10.1. The maximum atomic E-state index is 10.4. The third-order valence-corrected chi connectivity index (χ3v) is 4.99. The van der Waals surface area contributed by atoms with Crippen molar-refractivity contribution in [3.8, 4) is 0 Å². The molecule has 2 aromatic rings. The molecule has 1 fully saturated rings. The van der Waals surface area contributed by atoms with Gasteiger partial charge in [-0.25, -0.2) is 0 Å². The van der Waals surface area contributed by atoms with Crippen molar-refractivity contribution < 1.29 is 9.84 Å². The van der Waals surface area contributed by atoms with E-state index in [4.69, 9.17) is 4.74 Å². The first-order valence-electron chi connectivity index (χ1n) is 9.63. The Kier molecular flexibility index (Phi) is 7.06. The third-order valence-electron chi connectivity index (χ3n) is 4.99. The van der Waals surface area contributed by atoms with Gasteiger partial charge in [-0.05, 0) is 24.1 Å². The van der Waals surface area contributed by atoms with Gasteiger partial charge in [0.15, 0.2) is 0 Å². The normalized spacial score (nSPS) is 17.8. The predicted octanol–water partition coefficient (Wildman–Crippen LogP) is 3.34. The second-order valence-electron chi connectivity index (χ2n) is 6.92. The summed E-state index contributed by atoms with van der Waals surface area (Å²) in [5, 5.41) is 10.4.